The van der Waals surface area contributed by atoms with Crippen molar-refractivity contribution in [2.24, 2.45) is 0 Å². The second-order valence-electron chi connectivity index (χ2n) is 6.66. The summed E-state index contributed by atoms with van der Waals surface area (Å²) in [6, 6.07) is 19.3. The fourth-order valence-corrected chi connectivity index (χ4v) is 4.39. The van der Waals surface area contributed by atoms with Crippen molar-refractivity contribution in [3.05, 3.63) is 90.0 Å². The van der Waals surface area contributed by atoms with Gasteiger partial charge in [0.05, 0.1) is 23.4 Å². The van der Waals surface area contributed by atoms with Crippen LogP contribution in [0.2, 0.25) is 0 Å². The molecule has 0 saturated carbocycles. The van der Waals surface area contributed by atoms with Crippen molar-refractivity contribution in [3.63, 3.8) is 0 Å². The first-order chi connectivity index (χ1) is 13.9. The molecule has 2 aromatic carbocycles. The first-order valence-corrected chi connectivity index (χ1v) is 10.5. The molecule has 4 aromatic rings. The molecule has 0 aliphatic heterocycles. The van der Waals surface area contributed by atoms with Gasteiger partial charge < -0.3 is 8.83 Å². The fraction of sp³-hybridized carbons (Fsp3) is 0.136. The highest BCUT2D eigenvalue weighted by Crippen LogP contribution is 2.28. The molecule has 2 heterocycles. The largest absolute Gasteiger partial charge is 0.459 e. The highest BCUT2D eigenvalue weighted by Gasteiger charge is 2.27. The Balaban J connectivity index is 1.76. The summed E-state index contributed by atoms with van der Waals surface area (Å²) >= 11 is 0. The van der Waals surface area contributed by atoms with Gasteiger partial charge in [0.1, 0.15) is 11.5 Å². The van der Waals surface area contributed by atoms with E-state index in [1.165, 1.54) is 10.6 Å². The molecule has 0 saturated heterocycles. The van der Waals surface area contributed by atoms with E-state index >= 15 is 0 Å². The summed E-state index contributed by atoms with van der Waals surface area (Å²) in [6.45, 7) is 3.72. The van der Waals surface area contributed by atoms with Crippen LogP contribution in [0.25, 0.3) is 11.7 Å². The van der Waals surface area contributed by atoms with Crippen molar-refractivity contribution in [3.8, 4) is 11.7 Å². The van der Waals surface area contributed by atoms with E-state index in [1.54, 1.807) is 67.6 Å². The quantitative estimate of drug-likeness (QED) is 0.451. The lowest BCUT2D eigenvalue weighted by atomic mass is 10.2. The maximum absolute atomic E-state index is 13.4. The van der Waals surface area contributed by atoms with Gasteiger partial charge >= 0.3 is 0 Å². The van der Waals surface area contributed by atoms with Crippen LogP contribution in [0.5, 0.6) is 0 Å². The van der Waals surface area contributed by atoms with Crippen molar-refractivity contribution in [2.45, 2.75) is 25.3 Å². The van der Waals surface area contributed by atoms with E-state index < -0.39 is 10.0 Å². The zero-order valence-corrected chi connectivity index (χ0v) is 16.9. The molecule has 0 bridgehead atoms. The predicted octanol–water partition coefficient (Wildman–Crippen LogP) is 4.95. The van der Waals surface area contributed by atoms with Crippen LogP contribution in [0.1, 0.15) is 17.0 Å². The van der Waals surface area contributed by atoms with Gasteiger partial charge in [0, 0.05) is 0 Å². The number of anilines is 1. The standard InChI is InChI=1S/C22H20N2O4S/c1-16-10-12-19(13-11-16)29(25,26)24(18-7-4-3-5-8-18)15-20-17(2)28-22(23-20)21-9-6-14-27-21/h3-14H,15H2,1-2H3. The molecule has 7 heteroatoms. The Morgan fingerprint density at radius 3 is 2.31 bits per heavy atom. The molecule has 0 atom stereocenters. The van der Waals surface area contributed by atoms with Gasteiger partial charge in [0.15, 0.2) is 5.76 Å². The van der Waals surface area contributed by atoms with Crippen LogP contribution >= 0.6 is 0 Å². The van der Waals surface area contributed by atoms with Crippen LogP contribution in [0.4, 0.5) is 5.69 Å². The Kier molecular flexibility index (Phi) is 4.98. The number of aryl methyl sites for hydroxylation is 2. The average Bonchev–Trinajstić information content (AvgIpc) is 3.37. The van der Waals surface area contributed by atoms with E-state index in [0.717, 1.165) is 5.56 Å². The first-order valence-electron chi connectivity index (χ1n) is 9.10. The molecule has 0 spiro atoms. The topological polar surface area (TPSA) is 76.6 Å². The number of benzene rings is 2. The lowest BCUT2D eigenvalue weighted by molar-refractivity contribution is 0.499. The summed E-state index contributed by atoms with van der Waals surface area (Å²) in [7, 11) is -3.80. The number of furan rings is 1. The molecule has 0 fully saturated rings. The molecule has 0 aliphatic rings. The summed E-state index contributed by atoms with van der Waals surface area (Å²) < 4.78 is 39.3. The third-order valence-electron chi connectivity index (χ3n) is 4.57. The maximum atomic E-state index is 13.4. The van der Waals surface area contributed by atoms with Crippen molar-refractivity contribution >= 4 is 15.7 Å². The number of nitrogens with zero attached hydrogens (tertiary/aromatic N) is 2. The molecule has 0 unspecified atom stereocenters. The number of para-hydroxylation sites is 1. The Bertz CT molecular complexity index is 1200. The Morgan fingerprint density at radius 1 is 0.931 bits per heavy atom. The van der Waals surface area contributed by atoms with E-state index in [0.29, 0.717) is 28.8 Å². The Hall–Kier alpha value is -3.32. The zero-order valence-electron chi connectivity index (χ0n) is 16.1. The van der Waals surface area contributed by atoms with Crippen LogP contribution in [-0.2, 0) is 16.6 Å². The minimum Gasteiger partial charge on any atom is -0.459 e. The summed E-state index contributed by atoms with van der Waals surface area (Å²) in [5, 5.41) is 0. The van der Waals surface area contributed by atoms with E-state index in [9.17, 15) is 8.42 Å². The van der Waals surface area contributed by atoms with Crippen LogP contribution in [-0.4, -0.2) is 13.4 Å². The molecule has 2 aromatic heterocycles. The number of aromatic nitrogens is 1. The zero-order chi connectivity index (χ0) is 20.4. The monoisotopic (exact) mass is 408 g/mol. The molecule has 4 rings (SSSR count). The molecule has 148 valence electrons. The van der Waals surface area contributed by atoms with Gasteiger partial charge in [-0.15, -0.1) is 0 Å². The molecule has 0 amide bonds. The van der Waals surface area contributed by atoms with E-state index in [1.807, 2.05) is 13.0 Å². The predicted molar refractivity (Wildman–Crippen MR) is 110 cm³/mol. The van der Waals surface area contributed by atoms with E-state index in [2.05, 4.69) is 4.98 Å². The SMILES string of the molecule is Cc1ccc(S(=O)(=O)N(Cc2nc(-c3ccco3)oc2C)c2ccccc2)cc1. The van der Waals surface area contributed by atoms with Crippen molar-refractivity contribution in [2.75, 3.05) is 4.31 Å². The third kappa shape index (κ3) is 3.82. The lowest BCUT2D eigenvalue weighted by Gasteiger charge is -2.24. The lowest BCUT2D eigenvalue weighted by Crippen LogP contribution is -2.31. The second kappa shape index (κ2) is 7.60. The number of oxazole rings is 1. The van der Waals surface area contributed by atoms with Gasteiger partial charge in [-0.3, -0.25) is 4.31 Å². The minimum absolute atomic E-state index is 0.0380. The van der Waals surface area contributed by atoms with Crippen molar-refractivity contribution in [1.29, 1.82) is 0 Å². The number of hydrogen-bond donors (Lipinski definition) is 0. The second-order valence-corrected chi connectivity index (χ2v) is 8.52. The molecule has 0 aliphatic carbocycles. The maximum Gasteiger partial charge on any atom is 0.264 e. The molecular weight excluding hydrogens is 388 g/mol. The van der Waals surface area contributed by atoms with Crippen molar-refractivity contribution < 1.29 is 17.3 Å². The molecule has 0 radical (unpaired) electrons. The smallest absolute Gasteiger partial charge is 0.264 e. The first kappa shape index (κ1) is 19.0. The number of sulfonamides is 1. The van der Waals surface area contributed by atoms with Gasteiger partial charge in [-0.25, -0.2) is 13.4 Å². The van der Waals surface area contributed by atoms with Gasteiger partial charge in [0.2, 0.25) is 0 Å². The highest BCUT2D eigenvalue weighted by molar-refractivity contribution is 7.92. The van der Waals surface area contributed by atoms with Gasteiger partial charge in [-0.2, -0.15) is 0 Å². The average molecular weight is 408 g/mol. The fourth-order valence-electron chi connectivity index (χ4n) is 2.96. The van der Waals surface area contributed by atoms with E-state index in [-0.39, 0.29) is 11.4 Å². The third-order valence-corrected chi connectivity index (χ3v) is 6.36. The molecule has 6 nitrogen and oxygen atoms in total. The molecule has 0 N–H and O–H groups in total. The van der Waals surface area contributed by atoms with Crippen molar-refractivity contribution in [1.82, 2.24) is 4.98 Å². The van der Waals surface area contributed by atoms with Crippen LogP contribution < -0.4 is 4.31 Å². The molecule has 29 heavy (non-hydrogen) atoms. The van der Waals surface area contributed by atoms with Crippen LogP contribution in [0.3, 0.4) is 0 Å². The molecular formula is C22H20N2O4S. The summed E-state index contributed by atoms with van der Waals surface area (Å²) in [6.07, 6.45) is 1.53. The van der Waals surface area contributed by atoms with Crippen LogP contribution in [0.15, 0.2) is 86.7 Å². The summed E-state index contributed by atoms with van der Waals surface area (Å²) in [5.41, 5.74) is 2.07. The highest BCUT2D eigenvalue weighted by atomic mass is 32.2. The summed E-state index contributed by atoms with van der Waals surface area (Å²) in [4.78, 5) is 4.69. The van der Waals surface area contributed by atoms with Crippen LogP contribution in [0, 0.1) is 13.8 Å². The minimum atomic E-state index is -3.80. The normalized spacial score (nSPS) is 11.5. The Morgan fingerprint density at radius 2 is 1.66 bits per heavy atom. The Labute approximate surface area is 169 Å². The van der Waals surface area contributed by atoms with Gasteiger partial charge in [-0.05, 0) is 50.2 Å². The number of rotatable bonds is 6. The summed E-state index contributed by atoms with van der Waals surface area (Å²) in [5.74, 6) is 1.35. The number of hydrogen-bond acceptors (Lipinski definition) is 5. The van der Waals surface area contributed by atoms with Gasteiger partial charge in [0.25, 0.3) is 15.9 Å². The van der Waals surface area contributed by atoms with Gasteiger partial charge in [-0.1, -0.05) is 35.9 Å². The van der Waals surface area contributed by atoms with E-state index in [4.69, 9.17) is 8.83 Å².